The van der Waals surface area contributed by atoms with Gasteiger partial charge in [0.15, 0.2) is 0 Å². The summed E-state index contributed by atoms with van der Waals surface area (Å²) < 4.78 is 0.606. The number of nitrogens with zero attached hydrogens (tertiary/aromatic N) is 2. The topological polar surface area (TPSA) is 61.0 Å². The van der Waals surface area contributed by atoms with Crippen LogP contribution in [0, 0.1) is 9.49 Å². The van der Waals surface area contributed by atoms with Crippen molar-refractivity contribution in [1.82, 2.24) is 14.9 Å². The molecule has 0 amide bonds. The first kappa shape index (κ1) is 14.4. The summed E-state index contributed by atoms with van der Waals surface area (Å²) in [5.41, 5.74) is -0.101. The van der Waals surface area contributed by atoms with Gasteiger partial charge in [-0.25, -0.2) is 4.98 Å². The number of likely N-dealkylation sites (N-methyl/N-ethyl adjacent to an activating group) is 1. The summed E-state index contributed by atoms with van der Waals surface area (Å²) in [5.74, 6) is 1.13. The average Bonchev–Trinajstić information content (AvgIpc) is 2.22. The minimum absolute atomic E-state index is 0.101. The Hall–Kier alpha value is -0.630. The van der Waals surface area contributed by atoms with Crippen molar-refractivity contribution >= 4 is 28.4 Å². The van der Waals surface area contributed by atoms with E-state index in [1.807, 2.05) is 36.7 Å². The zero-order valence-electron chi connectivity index (χ0n) is 10.6. The molecule has 0 aliphatic heterocycles. The summed E-state index contributed by atoms with van der Waals surface area (Å²) in [6, 6.07) is 0.271. The van der Waals surface area contributed by atoms with E-state index in [9.17, 15) is 4.79 Å². The Kier molecular flexibility index (Phi) is 5.38. The van der Waals surface area contributed by atoms with Gasteiger partial charge in [-0.15, -0.1) is 0 Å². The molecule has 1 aromatic heterocycles. The van der Waals surface area contributed by atoms with Gasteiger partial charge in [0.05, 0.1) is 6.33 Å². The lowest BCUT2D eigenvalue weighted by atomic mass is 10.0. The quantitative estimate of drug-likeness (QED) is 0.788. The third kappa shape index (κ3) is 4.27. The van der Waals surface area contributed by atoms with E-state index in [1.54, 1.807) is 0 Å². The molecule has 0 aliphatic rings. The number of nitrogens with one attached hydrogen (secondary N) is 2. The van der Waals surface area contributed by atoms with Gasteiger partial charge in [0, 0.05) is 12.6 Å². The molecule has 0 spiro atoms. The van der Waals surface area contributed by atoms with Gasteiger partial charge in [-0.3, -0.25) is 4.79 Å². The first-order chi connectivity index (χ1) is 7.91. The molecule has 1 aromatic rings. The summed E-state index contributed by atoms with van der Waals surface area (Å²) in [4.78, 5) is 20.3. The number of aromatic nitrogens is 2. The molecular formula is C11H19IN4O. The maximum Gasteiger partial charge on any atom is 0.266 e. The number of H-pyrrole nitrogens is 1. The third-order valence-corrected chi connectivity index (χ3v) is 3.49. The van der Waals surface area contributed by atoms with Gasteiger partial charge in [0.25, 0.3) is 5.56 Å². The van der Waals surface area contributed by atoms with Crippen LogP contribution in [0.2, 0.25) is 0 Å². The van der Waals surface area contributed by atoms with Crippen LogP contribution in [-0.2, 0) is 0 Å². The number of aromatic amines is 1. The minimum atomic E-state index is -0.101. The molecule has 17 heavy (non-hydrogen) atoms. The van der Waals surface area contributed by atoms with E-state index in [4.69, 9.17) is 0 Å². The molecule has 6 heteroatoms. The highest BCUT2D eigenvalue weighted by Crippen LogP contribution is 2.14. The predicted octanol–water partition coefficient (Wildman–Crippen LogP) is 1.37. The van der Waals surface area contributed by atoms with Gasteiger partial charge in [0.2, 0.25) is 0 Å². The van der Waals surface area contributed by atoms with E-state index >= 15 is 0 Å². The lowest BCUT2D eigenvalue weighted by molar-refractivity contribution is 0.344. The Morgan fingerprint density at radius 3 is 2.71 bits per heavy atom. The second kappa shape index (κ2) is 6.34. The van der Waals surface area contributed by atoms with Crippen molar-refractivity contribution in [1.29, 1.82) is 0 Å². The largest absolute Gasteiger partial charge is 0.365 e. The maximum atomic E-state index is 11.5. The molecular weight excluding hydrogens is 331 g/mol. The molecule has 0 radical (unpaired) electrons. The van der Waals surface area contributed by atoms with Crippen molar-refractivity contribution in [2.24, 2.45) is 5.92 Å². The van der Waals surface area contributed by atoms with Crippen LogP contribution < -0.4 is 10.9 Å². The summed E-state index contributed by atoms with van der Waals surface area (Å²) in [5, 5.41) is 3.34. The van der Waals surface area contributed by atoms with Crippen LogP contribution in [0.3, 0.4) is 0 Å². The van der Waals surface area contributed by atoms with Crippen molar-refractivity contribution in [2.75, 3.05) is 26.0 Å². The summed E-state index contributed by atoms with van der Waals surface area (Å²) >= 11 is 2.01. The number of hydrogen-bond donors (Lipinski definition) is 2. The van der Waals surface area contributed by atoms with E-state index in [0.29, 0.717) is 15.3 Å². The number of anilines is 1. The Labute approximate surface area is 115 Å². The standard InChI is InChI=1S/C11H19IN4O/c1-7(2)8(5-16(3)4)15-10-9(12)11(17)14-6-13-10/h6-8H,5H2,1-4H3,(H2,13,14,15,17). The second-order valence-corrected chi connectivity index (χ2v) is 5.73. The fourth-order valence-electron chi connectivity index (χ4n) is 1.48. The van der Waals surface area contributed by atoms with Crippen LogP contribution >= 0.6 is 22.6 Å². The molecule has 0 saturated heterocycles. The lowest BCUT2D eigenvalue weighted by Gasteiger charge is -2.26. The zero-order valence-corrected chi connectivity index (χ0v) is 12.8. The summed E-state index contributed by atoms with van der Waals surface area (Å²) in [6.07, 6.45) is 1.43. The predicted molar refractivity (Wildman–Crippen MR) is 78.4 cm³/mol. The van der Waals surface area contributed by atoms with Crippen LogP contribution in [0.1, 0.15) is 13.8 Å². The number of rotatable bonds is 5. The minimum Gasteiger partial charge on any atom is -0.365 e. The van der Waals surface area contributed by atoms with Crippen molar-refractivity contribution in [2.45, 2.75) is 19.9 Å². The fourth-order valence-corrected chi connectivity index (χ4v) is 1.93. The highest BCUT2D eigenvalue weighted by molar-refractivity contribution is 14.1. The highest BCUT2D eigenvalue weighted by atomic mass is 127. The Bertz CT molecular complexity index is 416. The van der Waals surface area contributed by atoms with E-state index in [-0.39, 0.29) is 11.6 Å². The highest BCUT2D eigenvalue weighted by Gasteiger charge is 2.16. The van der Waals surface area contributed by atoms with Crippen LogP contribution in [0.4, 0.5) is 5.82 Å². The molecule has 1 atom stereocenters. The number of halogens is 1. The normalized spacial score (nSPS) is 13.1. The molecule has 0 aromatic carbocycles. The zero-order chi connectivity index (χ0) is 13.0. The average molecular weight is 350 g/mol. The fraction of sp³-hybridized carbons (Fsp3) is 0.636. The van der Waals surface area contributed by atoms with Gasteiger partial charge < -0.3 is 15.2 Å². The van der Waals surface area contributed by atoms with Crippen molar-refractivity contribution in [3.63, 3.8) is 0 Å². The lowest BCUT2D eigenvalue weighted by Crippen LogP contribution is -2.37. The molecule has 96 valence electrons. The van der Waals surface area contributed by atoms with E-state index < -0.39 is 0 Å². The molecule has 1 heterocycles. The second-order valence-electron chi connectivity index (χ2n) is 4.65. The Morgan fingerprint density at radius 1 is 1.53 bits per heavy atom. The summed E-state index contributed by atoms with van der Waals surface area (Å²) in [6.45, 7) is 5.21. The van der Waals surface area contributed by atoms with Crippen molar-refractivity contribution < 1.29 is 0 Å². The van der Waals surface area contributed by atoms with Crippen LogP contribution in [0.15, 0.2) is 11.1 Å². The Balaban J connectivity index is 2.86. The summed E-state index contributed by atoms with van der Waals surface area (Å²) in [7, 11) is 4.07. The van der Waals surface area contributed by atoms with E-state index in [2.05, 4.69) is 34.0 Å². The van der Waals surface area contributed by atoms with E-state index in [0.717, 1.165) is 6.54 Å². The van der Waals surface area contributed by atoms with Gasteiger partial charge in [-0.1, -0.05) is 13.8 Å². The molecule has 0 fully saturated rings. The molecule has 5 nitrogen and oxygen atoms in total. The smallest absolute Gasteiger partial charge is 0.266 e. The first-order valence-electron chi connectivity index (χ1n) is 5.56. The molecule has 1 rings (SSSR count). The van der Waals surface area contributed by atoms with Crippen molar-refractivity contribution in [3.8, 4) is 0 Å². The third-order valence-electron chi connectivity index (χ3n) is 2.49. The van der Waals surface area contributed by atoms with Gasteiger partial charge >= 0.3 is 0 Å². The van der Waals surface area contributed by atoms with E-state index in [1.165, 1.54) is 6.33 Å². The van der Waals surface area contributed by atoms with Gasteiger partial charge in [-0.05, 0) is 42.6 Å². The SMILES string of the molecule is CC(C)C(CN(C)C)Nc1nc[nH]c(=O)c1I. The molecule has 2 N–H and O–H groups in total. The maximum absolute atomic E-state index is 11.5. The Morgan fingerprint density at radius 2 is 2.18 bits per heavy atom. The van der Waals surface area contributed by atoms with Crippen LogP contribution in [0.25, 0.3) is 0 Å². The van der Waals surface area contributed by atoms with Crippen LogP contribution in [0.5, 0.6) is 0 Å². The van der Waals surface area contributed by atoms with Gasteiger partial charge in [0.1, 0.15) is 9.39 Å². The monoisotopic (exact) mass is 350 g/mol. The van der Waals surface area contributed by atoms with Crippen molar-refractivity contribution in [3.05, 3.63) is 20.3 Å². The van der Waals surface area contributed by atoms with Crippen LogP contribution in [-0.4, -0.2) is 41.5 Å². The molecule has 0 aliphatic carbocycles. The molecule has 0 bridgehead atoms. The molecule has 0 saturated carbocycles. The molecule has 1 unspecified atom stereocenters. The van der Waals surface area contributed by atoms with Gasteiger partial charge in [-0.2, -0.15) is 0 Å². The number of hydrogen-bond acceptors (Lipinski definition) is 4. The first-order valence-corrected chi connectivity index (χ1v) is 6.64.